The van der Waals surface area contributed by atoms with Crippen molar-refractivity contribution < 1.29 is 9.59 Å². The van der Waals surface area contributed by atoms with E-state index in [1.54, 1.807) is 0 Å². The van der Waals surface area contributed by atoms with Gasteiger partial charge in [0.25, 0.3) is 0 Å². The van der Waals surface area contributed by atoms with Gasteiger partial charge in [0.1, 0.15) is 0 Å². The SMILES string of the molecule is O=C1CC2(CCCCC2)CC(=O)N1CN1CCCCC1. The first-order valence-electron chi connectivity index (χ1n) is 8.24. The van der Waals surface area contributed by atoms with Crippen LogP contribution in [0.2, 0.25) is 0 Å². The van der Waals surface area contributed by atoms with Crippen LogP contribution in [0.25, 0.3) is 0 Å². The van der Waals surface area contributed by atoms with E-state index in [9.17, 15) is 9.59 Å². The molecule has 0 N–H and O–H groups in total. The van der Waals surface area contributed by atoms with E-state index in [4.69, 9.17) is 0 Å². The van der Waals surface area contributed by atoms with Gasteiger partial charge < -0.3 is 0 Å². The van der Waals surface area contributed by atoms with Crippen molar-refractivity contribution in [2.45, 2.75) is 64.2 Å². The van der Waals surface area contributed by atoms with E-state index in [1.165, 1.54) is 43.4 Å². The van der Waals surface area contributed by atoms with Crippen molar-refractivity contribution in [2.24, 2.45) is 5.41 Å². The van der Waals surface area contributed by atoms with Crippen LogP contribution in [0.4, 0.5) is 0 Å². The molecule has 0 bridgehead atoms. The van der Waals surface area contributed by atoms with Crippen LogP contribution in [0.5, 0.6) is 0 Å². The molecule has 2 saturated heterocycles. The number of carbonyl (C=O) groups is 2. The van der Waals surface area contributed by atoms with Gasteiger partial charge in [-0.1, -0.05) is 25.7 Å². The summed E-state index contributed by atoms with van der Waals surface area (Å²) in [5.74, 6) is 0.155. The molecule has 2 heterocycles. The van der Waals surface area contributed by atoms with Gasteiger partial charge in [0.2, 0.25) is 11.8 Å². The second-order valence-electron chi connectivity index (χ2n) is 6.95. The first kappa shape index (κ1) is 14.1. The maximum atomic E-state index is 12.4. The van der Waals surface area contributed by atoms with Crippen LogP contribution in [0, 0.1) is 5.41 Å². The lowest BCUT2D eigenvalue weighted by atomic mass is 9.67. The number of nitrogens with zero attached hydrogens (tertiary/aromatic N) is 2. The minimum Gasteiger partial charge on any atom is -0.286 e. The smallest absolute Gasteiger partial charge is 0.230 e. The quantitative estimate of drug-likeness (QED) is 0.729. The van der Waals surface area contributed by atoms with Gasteiger partial charge in [0.05, 0.1) is 6.67 Å². The molecule has 20 heavy (non-hydrogen) atoms. The average Bonchev–Trinajstić information content (AvgIpc) is 2.45. The summed E-state index contributed by atoms with van der Waals surface area (Å²) in [7, 11) is 0. The zero-order valence-electron chi connectivity index (χ0n) is 12.4. The lowest BCUT2D eigenvalue weighted by molar-refractivity contribution is -0.157. The number of likely N-dealkylation sites (tertiary alicyclic amines) is 2. The highest BCUT2D eigenvalue weighted by Gasteiger charge is 2.44. The molecule has 0 aromatic rings. The van der Waals surface area contributed by atoms with Crippen LogP contribution in [-0.4, -0.2) is 41.4 Å². The summed E-state index contributed by atoms with van der Waals surface area (Å²) in [6.45, 7) is 2.60. The Hall–Kier alpha value is -0.900. The van der Waals surface area contributed by atoms with E-state index >= 15 is 0 Å². The Bertz CT molecular complexity index is 362. The fourth-order valence-electron chi connectivity index (χ4n) is 4.15. The molecule has 4 nitrogen and oxygen atoms in total. The fourth-order valence-corrected chi connectivity index (χ4v) is 4.15. The van der Waals surface area contributed by atoms with Gasteiger partial charge in [-0.15, -0.1) is 0 Å². The van der Waals surface area contributed by atoms with Crippen molar-refractivity contribution in [2.75, 3.05) is 19.8 Å². The molecule has 0 aromatic heterocycles. The van der Waals surface area contributed by atoms with Gasteiger partial charge in [-0.2, -0.15) is 0 Å². The zero-order chi connectivity index (χ0) is 14.0. The van der Waals surface area contributed by atoms with E-state index < -0.39 is 0 Å². The maximum absolute atomic E-state index is 12.4. The second-order valence-corrected chi connectivity index (χ2v) is 6.95. The third kappa shape index (κ3) is 2.90. The van der Waals surface area contributed by atoms with Gasteiger partial charge in [-0.05, 0) is 44.2 Å². The lowest BCUT2D eigenvalue weighted by Crippen LogP contribution is -2.53. The molecule has 3 fully saturated rings. The zero-order valence-corrected chi connectivity index (χ0v) is 12.4. The molecule has 2 amide bonds. The molecule has 0 radical (unpaired) electrons. The molecule has 1 spiro atoms. The van der Waals surface area contributed by atoms with Crippen molar-refractivity contribution in [3.63, 3.8) is 0 Å². The summed E-state index contributed by atoms with van der Waals surface area (Å²) in [6.07, 6.45) is 10.7. The molecular formula is C16H26N2O2. The molecule has 3 aliphatic rings. The largest absolute Gasteiger partial charge is 0.286 e. The Labute approximate surface area is 121 Å². The Morgan fingerprint density at radius 1 is 0.800 bits per heavy atom. The van der Waals surface area contributed by atoms with Crippen molar-refractivity contribution in [3.8, 4) is 0 Å². The summed E-state index contributed by atoms with van der Waals surface area (Å²) in [5, 5.41) is 0. The maximum Gasteiger partial charge on any atom is 0.230 e. The average molecular weight is 278 g/mol. The Morgan fingerprint density at radius 3 is 1.95 bits per heavy atom. The first-order chi connectivity index (χ1) is 9.69. The summed E-state index contributed by atoms with van der Waals surface area (Å²) >= 11 is 0. The highest BCUT2D eigenvalue weighted by molar-refractivity contribution is 5.98. The third-order valence-electron chi connectivity index (χ3n) is 5.36. The third-order valence-corrected chi connectivity index (χ3v) is 5.36. The molecule has 0 atom stereocenters. The minimum atomic E-state index is 0.0187. The van der Waals surface area contributed by atoms with Crippen LogP contribution in [0.15, 0.2) is 0 Å². The van der Waals surface area contributed by atoms with Gasteiger partial charge in [0.15, 0.2) is 0 Å². The standard InChI is InChI=1S/C16H26N2O2/c19-14-11-16(7-3-1-4-8-16)12-15(20)18(14)13-17-9-5-2-6-10-17/h1-13H2. The van der Waals surface area contributed by atoms with Crippen LogP contribution < -0.4 is 0 Å². The van der Waals surface area contributed by atoms with Gasteiger partial charge in [-0.25, -0.2) is 0 Å². The van der Waals surface area contributed by atoms with Crippen LogP contribution in [-0.2, 0) is 9.59 Å². The van der Waals surface area contributed by atoms with Gasteiger partial charge >= 0.3 is 0 Å². The molecule has 2 aliphatic heterocycles. The van der Waals surface area contributed by atoms with E-state index in [2.05, 4.69) is 4.90 Å². The predicted octanol–water partition coefficient (Wildman–Crippen LogP) is 2.53. The molecule has 0 unspecified atom stereocenters. The number of hydrogen-bond donors (Lipinski definition) is 0. The number of amides is 2. The molecule has 3 rings (SSSR count). The van der Waals surface area contributed by atoms with Gasteiger partial charge in [0, 0.05) is 12.8 Å². The molecule has 1 aliphatic carbocycles. The number of carbonyl (C=O) groups excluding carboxylic acids is 2. The van der Waals surface area contributed by atoms with Crippen molar-refractivity contribution in [1.82, 2.24) is 9.80 Å². The topological polar surface area (TPSA) is 40.6 Å². The highest BCUT2D eigenvalue weighted by atomic mass is 16.2. The second kappa shape index (κ2) is 5.84. The number of rotatable bonds is 2. The van der Waals surface area contributed by atoms with E-state index in [-0.39, 0.29) is 17.2 Å². The Morgan fingerprint density at radius 2 is 1.35 bits per heavy atom. The summed E-state index contributed by atoms with van der Waals surface area (Å²) < 4.78 is 0. The first-order valence-corrected chi connectivity index (χ1v) is 8.24. The van der Waals surface area contributed by atoms with E-state index in [1.807, 2.05) is 0 Å². The number of piperidine rings is 2. The monoisotopic (exact) mass is 278 g/mol. The van der Waals surface area contributed by atoms with E-state index in [0.29, 0.717) is 19.5 Å². The van der Waals surface area contributed by atoms with Crippen LogP contribution in [0.3, 0.4) is 0 Å². The molecular weight excluding hydrogens is 252 g/mol. The lowest BCUT2D eigenvalue weighted by Gasteiger charge is -2.43. The van der Waals surface area contributed by atoms with Crippen molar-refractivity contribution in [1.29, 1.82) is 0 Å². The molecule has 4 heteroatoms. The molecule has 112 valence electrons. The number of hydrogen-bond acceptors (Lipinski definition) is 3. The Balaban J connectivity index is 1.62. The fraction of sp³-hybridized carbons (Fsp3) is 0.875. The Kier molecular flexibility index (Phi) is 4.11. The molecule has 0 aromatic carbocycles. The minimum absolute atomic E-state index is 0.0187. The van der Waals surface area contributed by atoms with Crippen molar-refractivity contribution >= 4 is 11.8 Å². The summed E-state index contributed by atoms with van der Waals surface area (Å²) in [6, 6.07) is 0. The van der Waals surface area contributed by atoms with Crippen LogP contribution in [0.1, 0.15) is 64.2 Å². The normalized spacial score (nSPS) is 28.1. The highest BCUT2D eigenvalue weighted by Crippen LogP contribution is 2.45. The van der Waals surface area contributed by atoms with Crippen molar-refractivity contribution in [3.05, 3.63) is 0 Å². The van der Waals surface area contributed by atoms with Crippen LogP contribution >= 0.6 is 0 Å². The summed E-state index contributed by atoms with van der Waals surface area (Å²) in [5.41, 5.74) is 0.0187. The predicted molar refractivity (Wildman–Crippen MR) is 76.9 cm³/mol. The summed E-state index contributed by atoms with van der Waals surface area (Å²) in [4.78, 5) is 28.7. The van der Waals surface area contributed by atoms with Gasteiger partial charge in [-0.3, -0.25) is 19.4 Å². The molecule has 1 saturated carbocycles. The van der Waals surface area contributed by atoms with E-state index in [0.717, 1.165) is 25.9 Å². The number of imide groups is 1.